The second-order valence-corrected chi connectivity index (χ2v) is 6.02. The molecule has 6 nitrogen and oxygen atoms in total. The Bertz CT molecular complexity index is 562. The van der Waals surface area contributed by atoms with Gasteiger partial charge in [-0.05, 0) is 30.2 Å². The molecule has 1 aliphatic heterocycles. The molecule has 7 heteroatoms. The van der Waals surface area contributed by atoms with Crippen LogP contribution in [0.3, 0.4) is 0 Å². The van der Waals surface area contributed by atoms with Crippen molar-refractivity contribution in [1.82, 2.24) is 4.90 Å². The number of likely N-dealkylation sites (tertiary alicyclic amines) is 1. The van der Waals surface area contributed by atoms with Gasteiger partial charge < -0.3 is 15.2 Å². The van der Waals surface area contributed by atoms with Crippen LogP contribution in [0.25, 0.3) is 0 Å². The highest BCUT2D eigenvalue weighted by Gasteiger charge is 2.39. The summed E-state index contributed by atoms with van der Waals surface area (Å²) in [4.78, 5) is 25.6. The minimum Gasteiger partial charge on any atom is -0.449 e. The predicted molar refractivity (Wildman–Crippen MR) is 82.3 cm³/mol. The molecule has 1 aromatic rings. The number of carbonyl (C=O) groups is 2. The van der Waals surface area contributed by atoms with Crippen LogP contribution in [-0.2, 0) is 9.53 Å². The molecule has 0 radical (unpaired) electrons. The molecule has 126 valence electrons. The van der Waals surface area contributed by atoms with Crippen molar-refractivity contribution in [2.24, 2.45) is 5.92 Å². The quantitative estimate of drug-likeness (QED) is 0.888. The molecule has 0 aliphatic carbocycles. The van der Waals surface area contributed by atoms with Gasteiger partial charge in [0.05, 0.1) is 19.3 Å². The Hall–Kier alpha value is -2.15. The van der Waals surface area contributed by atoms with E-state index in [0.29, 0.717) is 5.69 Å². The number of anilines is 1. The van der Waals surface area contributed by atoms with E-state index in [4.69, 9.17) is 4.74 Å². The lowest BCUT2D eigenvalue weighted by atomic mass is 10.2. The van der Waals surface area contributed by atoms with E-state index in [1.54, 1.807) is 0 Å². The number of carbonyl (C=O) groups excluding carboxylic acids is 2. The number of rotatable bonds is 4. The van der Waals surface area contributed by atoms with Crippen LogP contribution in [0, 0.1) is 11.7 Å². The molecule has 0 aromatic heterocycles. The Morgan fingerprint density at radius 3 is 2.65 bits per heavy atom. The maximum absolute atomic E-state index is 12.9. The molecule has 1 fully saturated rings. The van der Waals surface area contributed by atoms with E-state index in [2.05, 4.69) is 5.32 Å². The maximum atomic E-state index is 12.9. The summed E-state index contributed by atoms with van der Waals surface area (Å²) in [6.45, 7) is 4.12. The second-order valence-electron chi connectivity index (χ2n) is 6.02. The van der Waals surface area contributed by atoms with E-state index in [1.165, 1.54) is 29.2 Å². The zero-order valence-corrected chi connectivity index (χ0v) is 13.2. The zero-order valence-electron chi connectivity index (χ0n) is 13.2. The van der Waals surface area contributed by atoms with Gasteiger partial charge in [-0.2, -0.15) is 0 Å². The van der Waals surface area contributed by atoms with Crippen LogP contribution in [-0.4, -0.2) is 47.3 Å². The number of amides is 2. The lowest BCUT2D eigenvalue weighted by Gasteiger charge is -2.23. The molecule has 0 saturated carbocycles. The first-order chi connectivity index (χ1) is 10.9. The number of benzene rings is 1. The summed E-state index contributed by atoms with van der Waals surface area (Å²) in [6, 6.07) is 4.51. The minimum atomic E-state index is -0.810. The number of hydrogen-bond donors (Lipinski definition) is 2. The number of β-amino-alcohol motifs (C(OH)–C–C–N with tert-alkyl or cyclic N) is 1. The fourth-order valence-corrected chi connectivity index (χ4v) is 2.34. The fourth-order valence-electron chi connectivity index (χ4n) is 2.34. The third kappa shape index (κ3) is 4.66. The average molecular weight is 324 g/mol. The molecule has 0 spiro atoms. The van der Waals surface area contributed by atoms with Gasteiger partial charge in [-0.1, -0.05) is 13.8 Å². The topological polar surface area (TPSA) is 78.9 Å². The number of nitrogens with zero attached hydrogens (tertiary/aromatic N) is 1. The summed E-state index contributed by atoms with van der Waals surface area (Å²) in [5, 5.41) is 12.4. The van der Waals surface area contributed by atoms with Crippen molar-refractivity contribution in [1.29, 1.82) is 0 Å². The third-order valence-corrected chi connectivity index (χ3v) is 3.47. The summed E-state index contributed by atoms with van der Waals surface area (Å²) < 4.78 is 18.0. The van der Waals surface area contributed by atoms with Gasteiger partial charge in [0.2, 0.25) is 5.91 Å². The van der Waals surface area contributed by atoms with Crippen LogP contribution >= 0.6 is 0 Å². The van der Waals surface area contributed by atoms with Crippen LogP contribution < -0.4 is 5.32 Å². The van der Waals surface area contributed by atoms with E-state index in [9.17, 15) is 19.1 Å². The van der Waals surface area contributed by atoms with E-state index in [1.807, 2.05) is 13.8 Å². The first-order valence-corrected chi connectivity index (χ1v) is 7.54. The van der Waals surface area contributed by atoms with Crippen LogP contribution in [0.1, 0.15) is 20.3 Å². The molecular formula is C16H21FN2O4. The van der Waals surface area contributed by atoms with Crippen molar-refractivity contribution < 1.29 is 23.8 Å². The Morgan fingerprint density at radius 2 is 2.04 bits per heavy atom. The van der Waals surface area contributed by atoms with Gasteiger partial charge in [0.25, 0.3) is 0 Å². The molecule has 1 heterocycles. The molecular weight excluding hydrogens is 303 g/mol. The second kappa shape index (κ2) is 7.41. The van der Waals surface area contributed by atoms with Gasteiger partial charge in [-0.15, -0.1) is 0 Å². The van der Waals surface area contributed by atoms with E-state index in [0.717, 1.165) is 0 Å². The summed E-state index contributed by atoms with van der Waals surface area (Å²) >= 11 is 0. The predicted octanol–water partition coefficient (Wildman–Crippen LogP) is 1.99. The largest absolute Gasteiger partial charge is 0.449 e. The van der Waals surface area contributed by atoms with Gasteiger partial charge in [0, 0.05) is 12.1 Å². The van der Waals surface area contributed by atoms with E-state index < -0.39 is 30.0 Å². The Balaban J connectivity index is 2.01. The number of nitrogens with one attached hydrogen (secondary N) is 1. The van der Waals surface area contributed by atoms with Crippen molar-refractivity contribution in [3.05, 3.63) is 30.1 Å². The molecule has 2 atom stereocenters. The molecule has 1 aliphatic rings. The first-order valence-electron chi connectivity index (χ1n) is 7.54. The zero-order chi connectivity index (χ0) is 17.0. The molecule has 2 rings (SSSR count). The summed E-state index contributed by atoms with van der Waals surface area (Å²) in [6.07, 6.45) is -1.25. The smallest absolute Gasteiger partial charge is 0.410 e. The Kier molecular flexibility index (Phi) is 5.54. The lowest BCUT2D eigenvalue weighted by molar-refractivity contribution is -0.120. The molecule has 0 bridgehead atoms. The molecule has 0 unspecified atom stereocenters. The molecule has 1 saturated heterocycles. The van der Waals surface area contributed by atoms with Gasteiger partial charge in [0.15, 0.2) is 0 Å². The standard InChI is InChI=1S/C16H21FN2O4/c1-10(2)9-23-16(22)19-8-13(20)7-14(19)15(21)18-12-5-3-11(17)4-6-12/h3-6,10,13-14,20H,7-9H2,1-2H3,(H,18,21)/t13-,14-/m1/s1. The van der Waals surface area contributed by atoms with Crippen molar-refractivity contribution >= 4 is 17.7 Å². The molecule has 23 heavy (non-hydrogen) atoms. The van der Waals surface area contributed by atoms with Crippen molar-refractivity contribution in [3.63, 3.8) is 0 Å². The number of halogens is 1. The molecule has 2 amide bonds. The van der Waals surface area contributed by atoms with Gasteiger partial charge in [0.1, 0.15) is 11.9 Å². The summed E-state index contributed by atoms with van der Waals surface area (Å²) in [5.41, 5.74) is 0.424. The summed E-state index contributed by atoms with van der Waals surface area (Å²) in [7, 11) is 0. The Labute approximate surface area is 134 Å². The molecule has 2 N–H and O–H groups in total. The van der Waals surface area contributed by atoms with Crippen LogP contribution in [0.4, 0.5) is 14.9 Å². The first kappa shape index (κ1) is 17.2. The average Bonchev–Trinajstić information content (AvgIpc) is 2.89. The van der Waals surface area contributed by atoms with E-state index in [-0.39, 0.29) is 25.5 Å². The fraction of sp³-hybridized carbons (Fsp3) is 0.500. The highest BCUT2D eigenvalue weighted by atomic mass is 19.1. The SMILES string of the molecule is CC(C)COC(=O)N1C[C@H](O)C[C@@H]1C(=O)Nc1ccc(F)cc1. The van der Waals surface area contributed by atoms with Crippen molar-refractivity contribution in [2.45, 2.75) is 32.4 Å². The maximum Gasteiger partial charge on any atom is 0.410 e. The highest BCUT2D eigenvalue weighted by molar-refractivity contribution is 5.96. The number of aliphatic hydroxyl groups excluding tert-OH is 1. The summed E-state index contributed by atoms with van der Waals surface area (Å²) in [5.74, 6) is -0.661. The highest BCUT2D eigenvalue weighted by Crippen LogP contribution is 2.21. The number of ether oxygens (including phenoxy) is 1. The van der Waals surface area contributed by atoms with Crippen LogP contribution in [0.15, 0.2) is 24.3 Å². The van der Waals surface area contributed by atoms with Gasteiger partial charge >= 0.3 is 6.09 Å². The Morgan fingerprint density at radius 1 is 1.39 bits per heavy atom. The minimum absolute atomic E-state index is 0.0540. The normalized spacial score (nSPS) is 20.7. The van der Waals surface area contributed by atoms with Crippen LogP contribution in [0.2, 0.25) is 0 Å². The van der Waals surface area contributed by atoms with Crippen molar-refractivity contribution in [2.75, 3.05) is 18.5 Å². The monoisotopic (exact) mass is 324 g/mol. The van der Waals surface area contributed by atoms with Crippen molar-refractivity contribution in [3.8, 4) is 0 Å². The number of hydrogen-bond acceptors (Lipinski definition) is 4. The number of aliphatic hydroxyl groups is 1. The van der Waals surface area contributed by atoms with Gasteiger partial charge in [-0.25, -0.2) is 9.18 Å². The lowest BCUT2D eigenvalue weighted by Crippen LogP contribution is -2.43. The van der Waals surface area contributed by atoms with Crippen LogP contribution in [0.5, 0.6) is 0 Å². The van der Waals surface area contributed by atoms with E-state index >= 15 is 0 Å². The molecule has 1 aromatic carbocycles. The van der Waals surface area contributed by atoms with Gasteiger partial charge in [-0.3, -0.25) is 9.69 Å². The third-order valence-electron chi connectivity index (χ3n) is 3.47.